The van der Waals surface area contributed by atoms with Crippen molar-refractivity contribution in [3.05, 3.63) is 75.3 Å². The quantitative estimate of drug-likeness (QED) is 0.322. The summed E-state index contributed by atoms with van der Waals surface area (Å²) in [6.07, 6.45) is 2.52. The van der Waals surface area contributed by atoms with E-state index in [0.717, 1.165) is 11.1 Å². The van der Waals surface area contributed by atoms with Gasteiger partial charge in [0.15, 0.2) is 9.84 Å². The minimum absolute atomic E-state index is 0.00641. The Morgan fingerprint density at radius 2 is 1.82 bits per heavy atom. The van der Waals surface area contributed by atoms with Crippen LogP contribution in [0.2, 0.25) is 10.0 Å². The van der Waals surface area contributed by atoms with E-state index < -0.39 is 21.5 Å². The zero-order valence-electron chi connectivity index (χ0n) is 23.2. The molecule has 3 rings (SSSR count). The number of hydrogen-bond acceptors (Lipinski definition) is 7. The minimum atomic E-state index is -3.68. The summed E-state index contributed by atoms with van der Waals surface area (Å²) in [6, 6.07) is 10.4. The molecule has 1 heterocycles. The van der Waals surface area contributed by atoms with E-state index in [4.69, 9.17) is 27.9 Å². The Morgan fingerprint density at radius 1 is 1.15 bits per heavy atom. The Labute approximate surface area is 245 Å². The van der Waals surface area contributed by atoms with Crippen molar-refractivity contribution < 1.29 is 22.7 Å². The third-order valence-corrected chi connectivity index (χ3v) is 8.50. The Balaban J connectivity index is 1.50. The molecule has 0 atom stereocenters. The first-order valence-corrected chi connectivity index (χ1v) is 15.0. The van der Waals surface area contributed by atoms with E-state index in [1.54, 1.807) is 24.9 Å². The van der Waals surface area contributed by atoms with Crippen LogP contribution in [-0.4, -0.2) is 74.2 Å². The minimum Gasteiger partial charge on any atom is -0.443 e. The van der Waals surface area contributed by atoms with Crippen LogP contribution in [0.3, 0.4) is 0 Å². The molecule has 1 aliphatic heterocycles. The van der Waals surface area contributed by atoms with Crippen molar-refractivity contribution in [1.29, 1.82) is 0 Å². The predicted octanol–water partition coefficient (Wildman–Crippen LogP) is 4.83. The van der Waals surface area contributed by atoms with Gasteiger partial charge in [0.05, 0.1) is 23.0 Å². The monoisotopic (exact) mass is 608 g/mol. The molecular weight excluding hydrogens is 575 g/mol. The third kappa shape index (κ3) is 8.30. The van der Waals surface area contributed by atoms with Crippen molar-refractivity contribution in [2.45, 2.75) is 44.7 Å². The van der Waals surface area contributed by atoms with Crippen molar-refractivity contribution in [3.8, 4) is 0 Å². The molecule has 2 amide bonds. The van der Waals surface area contributed by atoms with Crippen molar-refractivity contribution in [2.24, 2.45) is 4.99 Å². The first kappa shape index (κ1) is 31.6. The number of aliphatic imine (C=N–C) groups is 1. The van der Waals surface area contributed by atoms with E-state index in [2.05, 4.69) is 10.3 Å². The maximum Gasteiger partial charge on any atom is 0.416 e. The van der Waals surface area contributed by atoms with Gasteiger partial charge in [-0.15, -0.1) is 0 Å². The van der Waals surface area contributed by atoms with Crippen LogP contribution in [0.25, 0.3) is 0 Å². The average Bonchev–Trinajstić information content (AvgIpc) is 3.36. The van der Waals surface area contributed by atoms with Gasteiger partial charge in [-0.1, -0.05) is 53.5 Å². The predicted molar refractivity (Wildman–Crippen MR) is 158 cm³/mol. The second kappa shape index (κ2) is 13.2. The highest BCUT2D eigenvalue weighted by molar-refractivity contribution is 7.91. The number of benzene rings is 2. The van der Waals surface area contributed by atoms with Gasteiger partial charge >= 0.3 is 6.09 Å². The Morgan fingerprint density at radius 3 is 2.48 bits per heavy atom. The standard InChI is InChI=1S/C28H34Cl2N4O5S/c1-19-22(29)12-13-23(25(19)30)40(37,38)18-31-14-6-7-24(35)33(5)17-20-8-10-21(11-9-20)26-32-15-16-34(26)27(36)39-28(2,3)4/h6-13,31H,14-18H2,1-5H3/b7-6+. The van der Waals surface area contributed by atoms with Crippen LogP contribution in [0, 0.1) is 6.92 Å². The van der Waals surface area contributed by atoms with Gasteiger partial charge in [0.25, 0.3) is 0 Å². The summed E-state index contributed by atoms with van der Waals surface area (Å²) in [6.45, 7) is 8.62. The van der Waals surface area contributed by atoms with E-state index in [1.807, 2.05) is 45.0 Å². The summed E-state index contributed by atoms with van der Waals surface area (Å²) in [5, 5.41) is 3.30. The van der Waals surface area contributed by atoms with Crippen LogP contribution in [0.5, 0.6) is 0 Å². The number of halogens is 2. The summed E-state index contributed by atoms with van der Waals surface area (Å²) in [4.78, 5) is 32.6. The molecule has 0 aromatic heterocycles. The zero-order chi connectivity index (χ0) is 29.7. The van der Waals surface area contributed by atoms with Gasteiger partial charge in [-0.05, 0) is 51.0 Å². The molecule has 0 spiro atoms. The number of nitrogens with one attached hydrogen (secondary N) is 1. The molecule has 0 radical (unpaired) electrons. The SMILES string of the molecule is Cc1c(Cl)ccc(S(=O)(=O)CNC/C=C/C(=O)N(C)Cc2ccc(C3=NCCN3C(=O)OC(C)(C)C)cc2)c1Cl. The second-order valence-corrected chi connectivity index (χ2v) is 13.1. The third-order valence-electron chi connectivity index (χ3n) is 5.90. The Kier molecular flexibility index (Phi) is 10.4. The molecule has 216 valence electrons. The highest BCUT2D eigenvalue weighted by Crippen LogP contribution is 2.30. The zero-order valence-corrected chi connectivity index (χ0v) is 25.5. The van der Waals surface area contributed by atoms with E-state index in [0.29, 0.717) is 36.1 Å². The molecule has 0 aliphatic carbocycles. The lowest BCUT2D eigenvalue weighted by Gasteiger charge is -2.25. The molecular formula is C28H34Cl2N4O5S. The number of amidine groups is 1. The van der Waals surface area contributed by atoms with Gasteiger partial charge in [-0.25, -0.2) is 13.2 Å². The Hall–Kier alpha value is -2.92. The molecule has 40 heavy (non-hydrogen) atoms. The van der Waals surface area contributed by atoms with E-state index in [9.17, 15) is 18.0 Å². The van der Waals surface area contributed by atoms with Crippen LogP contribution in [0.4, 0.5) is 4.79 Å². The van der Waals surface area contributed by atoms with Gasteiger partial charge in [0.2, 0.25) is 5.91 Å². The highest BCUT2D eigenvalue weighted by atomic mass is 35.5. The van der Waals surface area contributed by atoms with Crippen LogP contribution < -0.4 is 5.32 Å². The lowest BCUT2D eigenvalue weighted by Crippen LogP contribution is -2.39. The van der Waals surface area contributed by atoms with Gasteiger partial charge in [0.1, 0.15) is 17.3 Å². The average molecular weight is 610 g/mol. The maximum absolute atomic E-state index is 12.6. The van der Waals surface area contributed by atoms with E-state index in [1.165, 1.54) is 23.1 Å². The number of carbonyl (C=O) groups excluding carboxylic acids is 2. The van der Waals surface area contributed by atoms with Gasteiger partial charge in [0, 0.05) is 36.8 Å². The molecule has 0 fully saturated rings. The molecule has 0 unspecified atom stereocenters. The normalized spacial score (nSPS) is 14.0. The fraction of sp³-hybridized carbons (Fsp3) is 0.393. The molecule has 9 nitrogen and oxygen atoms in total. The number of hydrogen-bond donors (Lipinski definition) is 1. The molecule has 0 saturated carbocycles. The lowest BCUT2D eigenvalue weighted by atomic mass is 10.1. The van der Waals surface area contributed by atoms with E-state index >= 15 is 0 Å². The summed E-state index contributed by atoms with van der Waals surface area (Å²) in [7, 11) is -2.01. The van der Waals surface area contributed by atoms with Gasteiger partial charge in [-0.2, -0.15) is 0 Å². The van der Waals surface area contributed by atoms with Crippen molar-refractivity contribution in [3.63, 3.8) is 0 Å². The molecule has 1 aliphatic rings. The molecule has 0 saturated heterocycles. The van der Waals surface area contributed by atoms with Crippen molar-refractivity contribution in [2.75, 3.05) is 32.6 Å². The van der Waals surface area contributed by atoms with E-state index in [-0.39, 0.29) is 28.2 Å². The maximum atomic E-state index is 12.6. The number of amides is 2. The summed E-state index contributed by atoms with van der Waals surface area (Å²) in [5.74, 6) is -0.0111. The molecule has 12 heteroatoms. The molecule has 2 aromatic carbocycles. The van der Waals surface area contributed by atoms with Crippen LogP contribution >= 0.6 is 23.2 Å². The molecule has 0 bridgehead atoms. The molecule has 1 N–H and O–H groups in total. The second-order valence-electron chi connectivity index (χ2n) is 10.3. The fourth-order valence-corrected chi connectivity index (χ4v) is 5.79. The number of nitrogens with zero attached hydrogens (tertiary/aromatic N) is 3. The Bertz CT molecular complexity index is 1420. The van der Waals surface area contributed by atoms with Crippen LogP contribution in [0.1, 0.15) is 37.5 Å². The van der Waals surface area contributed by atoms with Gasteiger partial charge < -0.3 is 9.64 Å². The number of carbonyl (C=O) groups is 2. The fourth-order valence-electron chi connectivity index (χ4n) is 3.82. The number of likely N-dealkylation sites (N-methyl/N-ethyl adjacent to an activating group) is 1. The lowest BCUT2D eigenvalue weighted by molar-refractivity contribution is -0.125. The van der Waals surface area contributed by atoms with Crippen molar-refractivity contribution in [1.82, 2.24) is 15.1 Å². The first-order chi connectivity index (χ1) is 18.7. The number of rotatable bonds is 9. The summed E-state index contributed by atoms with van der Waals surface area (Å²) < 4.78 is 30.7. The smallest absolute Gasteiger partial charge is 0.416 e. The first-order valence-electron chi connectivity index (χ1n) is 12.6. The molecule has 2 aromatic rings. The largest absolute Gasteiger partial charge is 0.443 e. The summed E-state index contributed by atoms with van der Waals surface area (Å²) >= 11 is 12.2. The van der Waals surface area contributed by atoms with Crippen LogP contribution in [0.15, 0.2) is 58.4 Å². The number of sulfone groups is 1. The number of ether oxygens (including phenoxy) is 1. The highest BCUT2D eigenvalue weighted by Gasteiger charge is 2.29. The summed E-state index contributed by atoms with van der Waals surface area (Å²) in [5.41, 5.74) is 1.59. The topological polar surface area (TPSA) is 108 Å². The van der Waals surface area contributed by atoms with Gasteiger partial charge in [-0.3, -0.25) is 20.0 Å². The van der Waals surface area contributed by atoms with Crippen LogP contribution in [-0.2, 0) is 25.9 Å². The van der Waals surface area contributed by atoms with Crippen molar-refractivity contribution >= 4 is 50.9 Å².